The first-order chi connectivity index (χ1) is 15.0. The van der Waals surface area contributed by atoms with Crippen molar-refractivity contribution in [1.82, 2.24) is 5.43 Å². The maximum atomic E-state index is 13.9. The molecule has 0 saturated carbocycles. The quantitative estimate of drug-likeness (QED) is 0.458. The summed E-state index contributed by atoms with van der Waals surface area (Å²) in [7, 11) is 1.46. The summed E-state index contributed by atoms with van der Waals surface area (Å²) in [6.07, 6.45) is 1.35. The van der Waals surface area contributed by atoms with Crippen LogP contribution < -0.4 is 14.9 Å². The molecule has 0 aliphatic rings. The number of hydrazone groups is 1. The lowest BCUT2D eigenvalue weighted by molar-refractivity contribution is 0.0951. The fourth-order valence-electron chi connectivity index (χ4n) is 2.65. The number of hydrogen-bond acceptors (Lipinski definition) is 5. The molecule has 31 heavy (non-hydrogen) atoms. The summed E-state index contributed by atoms with van der Waals surface area (Å²) < 4.78 is 38.5. The molecule has 0 aromatic heterocycles. The molecular formula is C23H17F2N3O3. The SMILES string of the molecule is COc1cc(/C=N\NC(=O)c2ccc(C#N)cc2F)ccc1OCc1ccccc1F. The highest BCUT2D eigenvalue weighted by Crippen LogP contribution is 2.28. The first-order valence-corrected chi connectivity index (χ1v) is 9.09. The van der Waals surface area contributed by atoms with Gasteiger partial charge in [-0.15, -0.1) is 0 Å². The van der Waals surface area contributed by atoms with Crippen molar-refractivity contribution in [3.05, 3.63) is 94.6 Å². The van der Waals surface area contributed by atoms with E-state index in [2.05, 4.69) is 10.5 Å². The first-order valence-electron chi connectivity index (χ1n) is 9.09. The highest BCUT2D eigenvalue weighted by molar-refractivity contribution is 5.95. The number of rotatable bonds is 7. The van der Waals surface area contributed by atoms with E-state index in [1.165, 1.54) is 31.5 Å². The van der Waals surface area contributed by atoms with Crippen molar-refractivity contribution in [2.24, 2.45) is 5.10 Å². The molecule has 0 bridgehead atoms. The van der Waals surface area contributed by atoms with Crippen molar-refractivity contribution >= 4 is 12.1 Å². The number of nitrogens with one attached hydrogen (secondary N) is 1. The summed E-state index contributed by atoms with van der Waals surface area (Å²) in [4.78, 5) is 12.1. The number of amides is 1. The molecule has 0 heterocycles. The zero-order chi connectivity index (χ0) is 22.2. The van der Waals surface area contributed by atoms with Gasteiger partial charge in [-0.25, -0.2) is 14.2 Å². The highest BCUT2D eigenvalue weighted by Gasteiger charge is 2.12. The van der Waals surface area contributed by atoms with Crippen LogP contribution >= 0.6 is 0 Å². The number of carbonyl (C=O) groups is 1. The van der Waals surface area contributed by atoms with Crippen LogP contribution in [0.4, 0.5) is 8.78 Å². The largest absolute Gasteiger partial charge is 0.493 e. The van der Waals surface area contributed by atoms with Gasteiger partial charge in [0.1, 0.15) is 18.2 Å². The van der Waals surface area contributed by atoms with E-state index >= 15 is 0 Å². The third-order valence-electron chi connectivity index (χ3n) is 4.25. The molecule has 3 rings (SSSR count). The van der Waals surface area contributed by atoms with Crippen LogP contribution in [0.15, 0.2) is 65.8 Å². The van der Waals surface area contributed by atoms with Crippen molar-refractivity contribution < 1.29 is 23.0 Å². The van der Waals surface area contributed by atoms with Gasteiger partial charge in [0.2, 0.25) is 0 Å². The molecule has 0 saturated heterocycles. The Balaban J connectivity index is 1.65. The maximum Gasteiger partial charge on any atom is 0.274 e. The minimum absolute atomic E-state index is 0.0304. The lowest BCUT2D eigenvalue weighted by Crippen LogP contribution is -2.19. The number of nitriles is 1. The normalized spacial score (nSPS) is 10.5. The summed E-state index contributed by atoms with van der Waals surface area (Å²) in [6, 6.07) is 16.5. The zero-order valence-corrected chi connectivity index (χ0v) is 16.4. The average Bonchev–Trinajstić information content (AvgIpc) is 2.78. The Bertz CT molecular complexity index is 1170. The molecule has 0 radical (unpaired) electrons. The molecule has 0 atom stereocenters. The smallest absolute Gasteiger partial charge is 0.274 e. The second kappa shape index (κ2) is 9.98. The first kappa shape index (κ1) is 21.5. The molecule has 0 fully saturated rings. The molecule has 8 heteroatoms. The summed E-state index contributed by atoms with van der Waals surface area (Å²) in [5.41, 5.74) is 3.10. The molecule has 1 amide bonds. The van der Waals surface area contributed by atoms with Crippen LogP contribution in [-0.2, 0) is 6.61 Å². The predicted molar refractivity (Wildman–Crippen MR) is 110 cm³/mol. The Morgan fingerprint density at radius 1 is 1.10 bits per heavy atom. The Labute approximate surface area is 177 Å². The van der Waals surface area contributed by atoms with E-state index in [0.29, 0.717) is 22.6 Å². The predicted octanol–water partition coefficient (Wildman–Crippen LogP) is 4.19. The summed E-state index contributed by atoms with van der Waals surface area (Å²) >= 11 is 0. The molecule has 0 aliphatic heterocycles. The van der Waals surface area contributed by atoms with E-state index in [9.17, 15) is 13.6 Å². The molecule has 6 nitrogen and oxygen atoms in total. The van der Waals surface area contributed by atoms with E-state index in [0.717, 1.165) is 6.07 Å². The summed E-state index contributed by atoms with van der Waals surface area (Å²) in [5.74, 6) is -1.13. The summed E-state index contributed by atoms with van der Waals surface area (Å²) in [6.45, 7) is 0.0304. The monoisotopic (exact) mass is 421 g/mol. The number of nitrogens with zero attached hydrogens (tertiary/aromatic N) is 2. The lowest BCUT2D eigenvalue weighted by atomic mass is 10.1. The van der Waals surface area contributed by atoms with Crippen LogP contribution in [0.25, 0.3) is 0 Å². The molecule has 3 aromatic rings. The van der Waals surface area contributed by atoms with Gasteiger partial charge in [-0.3, -0.25) is 4.79 Å². The van der Waals surface area contributed by atoms with Gasteiger partial charge < -0.3 is 9.47 Å². The maximum absolute atomic E-state index is 13.9. The van der Waals surface area contributed by atoms with Crippen LogP contribution in [0.5, 0.6) is 11.5 Å². The summed E-state index contributed by atoms with van der Waals surface area (Å²) in [5, 5.41) is 12.6. The van der Waals surface area contributed by atoms with Gasteiger partial charge in [0, 0.05) is 5.56 Å². The Morgan fingerprint density at radius 3 is 2.61 bits per heavy atom. The lowest BCUT2D eigenvalue weighted by Gasteiger charge is -2.11. The second-order valence-electron chi connectivity index (χ2n) is 6.30. The van der Waals surface area contributed by atoms with Crippen LogP contribution in [0.3, 0.4) is 0 Å². The molecule has 156 valence electrons. The van der Waals surface area contributed by atoms with E-state index in [1.807, 2.05) is 0 Å². The van der Waals surface area contributed by atoms with Gasteiger partial charge in [-0.1, -0.05) is 18.2 Å². The molecule has 0 unspecified atom stereocenters. The molecule has 0 aliphatic carbocycles. The number of ether oxygens (including phenoxy) is 2. The van der Waals surface area contributed by atoms with E-state index in [1.54, 1.807) is 42.5 Å². The van der Waals surface area contributed by atoms with Crippen molar-refractivity contribution in [3.8, 4) is 17.6 Å². The third kappa shape index (κ3) is 5.42. The van der Waals surface area contributed by atoms with E-state index in [4.69, 9.17) is 14.7 Å². The van der Waals surface area contributed by atoms with Crippen molar-refractivity contribution in [2.45, 2.75) is 6.61 Å². The van der Waals surface area contributed by atoms with E-state index in [-0.39, 0.29) is 23.6 Å². The van der Waals surface area contributed by atoms with Gasteiger partial charge in [0.25, 0.3) is 5.91 Å². The minimum Gasteiger partial charge on any atom is -0.493 e. The minimum atomic E-state index is -0.815. The van der Waals surface area contributed by atoms with Crippen molar-refractivity contribution in [1.29, 1.82) is 5.26 Å². The van der Waals surface area contributed by atoms with Crippen LogP contribution in [0.1, 0.15) is 27.0 Å². The number of benzene rings is 3. The van der Waals surface area contributed by atoms with Gasteiger partial charge >= 0.3 is 0 Å². The second-order valence-corrected chi connectivity index (χ2v) is 6.30. The van der Waals surface area contributed by atoms with Crippen molar-refractivity contribution in [2.75, 3.05) is 7.11 Å². The van der Waals surface area contributed by atoms with Crippen LogP contribution in [0.2, 0.25) is 0 Å². The van der Waals surface area contributed by atoms with Gasteiger partial charge in [0.15, 0.2) is 11.5 Å². The fourth-order valence-corrected chi connectivity index (χ4v) is 2.65. The number of hydrogen-bond donors (Lipinski definition) is 1. The van der Waals surface area contributed by atoms with Crippen LogP contribution in [0, 0.1) is 23.0 Å². The van der Waals surface area contributed by atoms with Crippen LogP contribution in [-0.4, -0.2) is 19.2 Å². The standard InChI is InChI=1S/C23H17F2N3O3/c1-30-22-11-16(7-9-21(22)31-14-17-4-2-3-5-19(17)24)13-27-28-23(29)18-8-6-15(12-26)10-20(18)25/h2-11,13H,14H2,1H3,(H,28,29)/b27-13-. The molecule has 0 spiro atoms. The van der Waals surface area contributed by atoms with Gasteiger partial charge in [-0.05, 0) is 48.0 Å². The molecule has 1 N–H and O–H groups in total. The Morgan fingerprint density at radius 2 is 1.90 bits per heavy atom. The highest BCUT2D eigenvalue weighted by atomic mass is 19.1. The fraction of sp³-hybridized carbons (Fsp3) is 0.0870. The number of carbonyl (C=O) groups excluding carboxylic acids is 1. The third-order valence-corrected chi connectivity index (χ3v) is 4.25. The van der Waals surface area contributed by atoms with E-state index < -0.39 is 11.7 Å². The Hall–Kier alpha value is -4.25. The molecule has 3 aromatic carbocycles. The zero-order valence-electron chi connectivity index (χ0n) is 16.4. The van der Waals surface area contributed by atoms with Crippen molar-refractivity contribution in [3.63, 3.8) is 0 Å². The molecular weight excluding hydrogens is 404 g/mol. The topological polar surface area (TPSA) is 83.7 Å². The Kier molecular flexibility index (Phi) is 6.91. The average molecular weight is 421 g/mol. The van der Waals surface area contributed by atoms with Gasteiger partial charge in [0.05, 0.1) is 30.5 Å². The number of methoxy groups -OCH3 is 1. The number of halogens is 2. The van der Waals surface area contributed by atoms with Gasteiger partial charge in [-0.2, -0.15) is 10.4 Å².